The van der Waals surface area contributed by atoms with Gasteiger partial charge in [-0.1, -0.05) is 54.7 Å². The Labute approximate surface area is 202 Å². The summed E-state index contributed by atoms with van der Waals surface area (Å²) in [6, 6.07) is 23.9. The average Bonchev–Trinajstić information content (AvgIpc) is 3.26. The van der Waals surface area contributed by atoms with Gasteiger partial charge in [-0.05, 0) is 67.9 Å². The first-order valence-corrected chi connectivity index (χ1v) is 13.8. The molecule has 4 heterocycles. The average molecular weight is 449 g/mol. The molecule has 4 aliphatic heterocycles. The summed E-state index contributed by atoms with van der Waals surface area (Å²) in [7, 11) is 0. The van der Waals surface area contributed by atoms with Crippen molar-refractivity contribution in [1.29, 1.82) is 0 Å². The number of aliphatic imine (C=N–C) groups is 1. The number of fused-ring (bicyclic) bond motifs is 3. The molecule has 5 heteroatoms. The van der Waals surface area contributed by atoms with Crippen LogP contribution in [0.2, 0.25) is 11.6 Å². The predicted octanol–water partition coefficient (Wildman–Crippen LogP) is 4.84. The van der Waals surface area contributed by atoms with Crippen molar-refractivity contribution in [1.82, 2.24) is 4.90 Å². The molecule has 34 heavy (non-hydrogen) atoms. The summed E-state index contributed by atoms with van der Waals surface area (Å²) in [5, 5.41) is 0. The molecule has 2 saturated heterocycles. The maximum atomic E-state index is 6.78. The van der Waals surface area contributed by atoms with Crippen LogP contribution < -0.4 is 10.4 Å². The molecule has 5 fully saturated rings. The lowest BCUT2D eigenvalue weighted by molar-refractivity contribution is -0.0887. The summed E-state index contributed by atoms with van der Waals surface area (Å²) >= 11 is 0. The van der Waals surface area contributed by atoms with Crippen molar-refractivity contribution in [2.24, 2.45) is 16.8 Å². The fourth-order valence-electron chi connectivity index (χ4n) is 10.0. The van der Waals surface area contributed by atoms with Crippen LogP contribution in [0.5, 0.6) is 0 Å². The molecule has 9 atom stereocenters. The van der Waals surface area contributed by atoms with Gasteiger partial charge in [-0.25, -0.2) is 4.99 Å². The number of anilines is 2. The highest BCUT2D eigenvalue weighted by atomic mass is 16.5. The summed E-state index contributed by atoms with van der Waals surface area (Å²) in [6.45, 7) is 0.659. The Morgan fingerprint density at radius 2 is 1.74 bits per heavy atom. The van der Waals surface area contributed by atoms with E-state index >= 15 is 0 Å². The maximum absolute atomic E-state index is 6.78. The molecule has 0 aromatic heterocycles. The third-order valence-electron chi connectivity index (χ3n) is 10.9. The van der Waals surface area contributed by atoms with Crippen molar-refractivity contribution in [2.75, 3.05) is 4.90 Å². The minimum Gasteiger partial charge on any atom is -0.461 e. The summed E-state index contributed by atoms with van der Waals surface area (Å²) < 4.78 is 6.78. The van der Waals surface area contributed by atoms with Gasteiger partial charge in [0.15, 0.2) is 6.71 Å². The van der Waals surface area contributed by atoms with Crippen molar-refractivity contribution in [2.45, 2.75) is 86.9 Å². The van der Waals surface area contributed by atoms with Crippen LogP contribution >= 0.6 is 0 Å². The molecule has 0 spiro atoms. The SMILES string of the molecule is c1ccc(N2c3ccccc3B3C4CCCC5N=C6OC7CCCC8CC2C3C(C87)N6C54)cc1. The lowest BCUT2D eigenvalue weighted by Crippen LogP contribution is -2.76. The van der Waals surface area contributed by atoms with E-state index in [-0.39, 0.29) is 0 Å². The lowest BCUT2D eigenvalue weighted by atomic mass is 9.21. The van der Waals surface area contributed by atoms with E-state index in [0.717, 1.165) is 11.9 Å². The third kappa shape index (κ3) is 2.21. The van der Waals surface area contributed by atoms with E-state index in [1.54, 1.807) is 5.46 Å². The summed E-state index contributed by atoms with van der Waals surface area (Å²) in [5.74, 6) is 2.80. The zero-order chi connectivity index (χ0) is 22.0. The topological polar surface area (TPSA) is 28.1 Å². The molecule has 2 aromatic carbocycles. The summed E-state index contributed by atoms with van der Waals surface area (Å²) in [5.41, 5.74) is 4.46. The molecule has 2 aromatic rings. The molecule has 0 radical (unpaired) electrons. The van der Waals surface area contributed by atoms with E-state index in [2.05, 4.69) is 64.4 Å². The first-order valence-electron chi connectivity index (χ1n) is 13.8. The van der Waals surface area contributed by atoms with E-state index < -0.39 is 0 Å². The van der Waals surface area contributed by atoms with E-state index in [9.17, 15) is 0 Å². The van der Waals surface area contributed by atoms with Crippen LogP contribution in [-0.2, 0) is 4.74 Å². The highest BCUT2D eigenvalue weighted by Crippen LogP contribution is 2.62. The second-order valence-corrected chi connectivity index (χ2v) is 12.1. The van der Waals surface area contributed by atoms with Gasteiger partial charge in [-0.15, -0.1) is 0 Å². The van der Waals surface area contributed by atoms with Gasteiger partial charge >= 0.3 is 0 Å². The Balaban J connectivity index is 1.30. The van der Waals surface area contributed by atoms with Crippen LogP contribution in [0.3, 0.4) is 0 Å². The van der Waals surface area contributed by atoms with Gasteiger partial charge in [0.2, 0.25) is 0 Å². The molecule has 172 valence electrons. The first kappa shape index (κ1) is 18.8. The van der Waals surface area contributed by atoms with Gasteiger partial charge in [0.25, 0.3) is 6.02 Å². The van der Waals surface area contributed by atoms with Crippen molar-refractivity contribution < 1.29 is 4.74 Å². The Morgan fingerprint density at radius 3 is 2.68 bits per heavy atom. The van der Waals surface area contributed by atoms with Crippen molar-refractivity contribution in [3.05, 3.63) is 54.6 Å². The van der Waals surface area contributed by atoms with Crippen LogP contribution in [0.25, 0.3) is 0 Å². The Bertz CT molecular complexity index is 1180. The highest BCUT2D eigenvalue weighted by Gasteiger charge is 2.69. The quantitative estimate of drug-likeness (QED) is 0.584. The predicted molar refractivity (Wildman–Crippen MR) is 137 cm³/mol. The van der Waals surface area contributed by atoms with Gasteiger partial charge < -0.3 is 14.5 Å². The molecule has 3 aliphatic carbocycles. The Hall–Kier alpha value is -2.43. The van der Waals surface area contributed by atoms with Gasteiger partial charge in [-0.2, -0.15) is 0 Å². The number of hydrogen-bond acceptors (Lipinski definition) is 4. The molecular weight excluding hydrogens is 417 g/mol. The maximum Gasteiger partial charge on any atom is 0.288 e. The Morgan fingerprint density at radius 1 is 0.882 bits per heavy atom. The van der Waals surface area contributed by atoms with Crippen molar-refractivity contribution in [3.63, 3.8) is 0 Å². The number of benzene rings is 2. The van der Waals surface area contributed by atoms with Crippen LogP contribution in [0, 0.1) is 11.8 Å². The van der Waals surface area contributed by atoms with E-state index in [1.165, 1.54) is 56.3 Å². The lowest BCUT2D eigenvalue weighted by Gasteiger charge is -2.67. The smallest absolute Gasteiger partial charge is 0.288 e. The molecular formula is C29H32BN3O. The zero-order valence-electron chi connectivity index (χ0n) is 19.7. The zero-order valence-corrected chi connectivity index (χ0v) is 19.7. The van der Waals surface area contributed by atoms with Crippen LogP contribution in [0.1, 0.15) is 44.9 Å². The molecule has 0 bridgehead atoms. The molecule has 3 saturated carbocycles. The number of hydrogen-bond donors (Lipinski definition) is 0. The van der Waals surface area contributed by atoms with E-state index in [0.29, 0.717) is 54.5 Å². The Kier molecular flexibility index (Phi) is 3.67. The number of rotatable bonds is 1. The molecule has 0 amide bonds. The van der Waals surface area contributed by atoms with Gasteiger partial charge in [0.1, 0.15) is 6.10 Å². The normalized spacial score (nSPS) is 42.4. The van der Waals surface area contributed by atoms with Crippen LogP contribution in [-0.4, -0.2) is 47.9 Å². The van der Waals surface area contributed by atoms with Crippen molar-refractivity contribution >= 4 is 29.6 Å². The molecule has 4 nitrogen and oxygen atoms in total. The number of ether oxygens (including phenoxy) is 1. The second-order valence-electron chi connectivity index (χ2n) is 12.1. The van der Waals surface area contributed by atoms with Gasteiger partial charge in [0, 0.05) is 29.4 Å². The second kappa shape index (κ2) is 6.62. The highest BCUT2D eigenvalue weighted by molar-refractivity contribution is 6.78. The van der Waals surface area contributed by atoms with Crippen LogP contribution in [0.15, 0.2) is 59.6 Å². The minimum absolute atomic E-state index is 0.388. The third-order valence-corrected chi connectivity index (χ3v) is 10.9. The molecule has 9 rings (SSSR count). The summed E-state index contributed by atoms with van der Waals surface area (Å²) in [4.78, 5) is 10.9. The largest absolute Gasteiger partial charge is 0.461 e. The molecule has 9 unspecified atom stereocenters. The van der Waals surface area contributed by atoms with Crippen molar-refractivity contribution in [3.8, 4) is 0 Å². The van der Waals surface area contributed by atoms with Gasteiger partial charge in [0.05, 0.1) is 12.1 Å². The monoisotopic (exact) mass is 449 g/mol. The standard InChI is InChI=1S/C29H32BN3O/c1-2-9-18(10-3-1)32-22-14-5-4-11-19(22)30-20-12-7-13-21-27(20)33-28-25-17(16-23(32)26(28)30)8-6-15-24(25)34-29(33)31-21/h1-5,9-11,14,17,20-21,23-28H,6-8,12-13,15-16H2. The number of para-hydroxylation sites is 2. The molecule has 0 N–H and O–H groups in total. The minimum atomic E-state index is 0.388. The fourth-order valence-corrected chi connectivity index (χ4v) is 10.0. The first-order chi connectivity index (χ1) is 16.9. The fraction of sp³-hybridized carbons (Fsp3) is 0.552. The number of nitrogens with zero attached hydrogens (tertiary/aromatic N) is 3. The van der Waals surface area contributed by atoms with Crippen LogP contribution in [0.4, 0.5) is 11.4 Å². The number of amidine groups is 1. The van der Waals surface area contributed by atoms with E-state index in [4.69, 9.17) is 9.73 Å². The summed E-state index contributed by atoms with van der Waals surface area (Å²) in [6.07, 6.45) is 9.51. The van der Waals surface area contributed by atoms with Gasteiger partial charge in [-0.3, -0.25) is 0 Å². The van der Waals surface area contributed by atoms with E-state index in [1.807, 2.05) is 0 Å². The molecule has 7 aliphatic rings.